The molecule has 0 unspecified atom stereocenters. The van der Waals surface area contributed by atoms with Gasteiger partial charge >= 0.3 is 5.97 Å². The quantitative estimate of drug-likeness (QED) is 0.793. The lowest BCUT2D eigenvalue weighted by atomic mass is 10.1. The number of carboxylic acid groups (broad SMARTS) is 1. The molecule has 0 amide bonds. The summed E-state index contributed by atoms with van der Waals surface area (Å²) in [6.45, 7) is 2.06. The Kier molecular flexibility index (Phi) is 3.24. The van der Waals surface area contributed by atoms with Crippen LogP contribution in [0.3, 0.4) is 0 Å². The maximum absolute atomic E-state index is 11.0. The zero-order valence-electron chi connectivity index (χ0n) is 11.0. The number of rotatable bonds is 3. The minimum absolute atomic E-state index is 0.308. The van der Waals surface area contributed by atoms with Gasteiger partial charge in [-0.15, -0.1) is 11.3 Å². The molecule has 1 aromatic heterocycles. The van der Waals surface area contributed by atoms with E-state index in [1.807, 2.05) is 0 Å². The van der Waals surface area contributed by atoms with Crippen molar-refractivity contribution >= 4 is 27.5 Å². The predicted octanol–water partition coefficient (Wildman–Crippen LogP) is 3.89. The van der Waals surface area contributed by atoms with Crippen LogP contribution in [-0.2, 0) is 6.42 Å². The van der Waals surface area contributed by atoms with E-state index >= 15 is 0 Å². The van der Waals surface area contributed by atoms with Crippen molar-refractivity contribution < 1.29 is 9.90 Å². The van der Waals surface area contributed by atoms with Crippen LogP contribution in [-0.4, -0.2) is 16.1 Å². The van der Waals surface area contributed by atoms with E-state index in [9.17, 15) is 4.79 Å². The fraction of sp³-hybridized carbons (Fsp3) is 0.125. The molecular formula is C16H13NO2S. The van der Waals surface area contributed by atoms with Gasteiger partial charge in [-0.3, -0.25) is 0 Å². The summed E-state index contributed by atoms with van der Waals surface area (Å²) in [7, 11) is 0. The Bertz CT molecular complexity index is 775. The Balaban J connectivity index is 1.92. The molecule has 3 aromatic rings. The number of aryl methyl sites for hydroxylation is 1. The highest BCUT2D eigenvalue weighted by Gasteiger charge is 2.08. The Labute approximate surface area is 120 Å². The third-order valence-electron chi connectivity index (χ3n) is 3.16. The van der Waals surface area contributed by atoms with Crippen LogP contribution in [0.2, 0.25) is 0 Å². The fourth-order valence-electron chi connectivity index (χ4n) is 2.06. The van der Waals surface area contributed by atoms with Gasteiger partial charge in [0.2, 0.25) is 0 Å². The second-order valence-corrected chi connectivity index (χ2v) is 5.87. The van der Waals surface area contributed by atoms with E-state index < -0.39 is 5.97 Å². The number of hydrogen-bond donors (Lipinski definition) is 1. The van der Waals surface area contributed by atoms with Crippen LogP contribution >= 0.6 is 11.3 Å². The van der Waals surface area contributed by atoms with Gasteiger partial charge < -0.3 is 5.11 Å². The van der Waals surface area contributed by atoms with Gasteiger partial charge in [0.05, 0.1) is 20.8 Å². The van der Waals surface area contributed by atoms with Crippen LogP contribution in [0.5, 0.6) is 0 Å². The number of aromatic nitrogens is 1. The molecule has 0 spiro atoms. The summed E-state index contributed by atoms with van der Waals surface area (Å²) in [6.07, 6.45) is 0.780. The Morgan fingerprint density at radius 3 is 2.65 bits per heavy atom. The molecule has 3 nitrogen and oxygen atoms in total. The van der Waals surface area contributed by atoms with E-state index in [-0.39, 0.29) is 0 Å². The molecule has 0 saturated heterocycles. The molecule has 0 atom stereocenters. The van der Waals surface area contributed by atoms with Gasteiger partial charge in [-0.2, -0.15) is 0 Å². The average molecular weight is 283 g/mol. The Morgan fingerprint density at radius 2 is 1.95 bits per heavy atom. The number of hydrogen-bond acceptors (Lipinski definition) is 3. The van der Waals surface area contributed by atoms with Crippen LogP contribution in [0.4, 0.5) is 0 Å². The highest BCUT2D eigenvalue weighted by molar-refractivity contribution is 7.18. The van der Waals surface area contributed by atoms with Gasteiger partial charge in [0, 0.05) is 6.42 Å². The summed E-state index contributed by atoms with van der Waals surface area (Å²) >= 11 is 1.55. The Morgan fingerprint density at radius 1 is 1.20 bits per heavy atom. The van der Waals surface area contributed by atoms with Crippen molar-refractivity contribution in [3.63, 3.8) is 0 Å². The molecule has 20 heavy (non-hydrogen) atoms. The van der Waals surface area contributed by atoms with Crippen LogP contribution in [0.15, 0.2) is 42.5 Å². The number of thiazole rings is 1. The normalized spacial score (nSPS) is 10.8. The molecule has 3 rings (SSSR count). The maximum Gasteiger partial charge on any atom is 0.335 e. The first-order valence-electron chi connectivity index (χ1n) is 6.30. The highest BCUT2D eigenvalue weighted by Crippen LogP contribution is 2.25. The molecular weight excluding hydrogens is 270 g/mol. The second-order valence-electron chi connectivity index (χ2n) is 4.76. The van der Waals surface area contributed by atoms with Crippen molar-refractivity contribution in [2.75, 3.05) is 0 Å². The summed E-state index contributed by atoms with van der Waals surface area (Å²) in [5.74, 6) is -0.902. The lowest BCUT2D eigenvalue weighted by molar-refractivity contribution is 0.0697. The van der Waals surface area contributed by atoms with Crippen molar-refractivity contribution in [2.24, 2.45) is 0 Å². The van der Waals surface area contributed by atoms with E-state index in [1.54, 1.807) is 29.5 Å². The van der Waals surface area contributed by atoms with Gasteiger partial charge in [-0.1, -0.05) is 29.8 Å². The Hall–Kier alpha value is -2.20. The molecule has 1 heterocycles. The number of aromatic carboxylic acids is 1. The molecule has 0 aliphatic heterocycles. The van der Waals surface area contributed by atoms with Gasteiger partial charge in [-0.05, 0) is 30.7 Å². The molecule has 0 aliphatic rings. The molecule has 0 radical (unpaired) electrons. The summed E-state index contributed by atoms with van der Waals surface area (Å²) in [5, 5.41) is 10.0. The highest BCUT2D eigenvalue weighted by atomic mass is 32.1. The standard InChI is InChI=1S/C16H13NO2S/c1-10-2-4-11(5-3-10)8-15-17-13-7-6-12(16(18)19)9-14(13)20-15/h2-7,9H,8H2,1H3,(H,18,19). The fourth-order valence-corrected chi connectivity index (χ4v) is 3.10. The van der Waals surface area contributed by atoms with Crippen molar-refractivity contribution in [1.82, 2.24) is 4.98 Å². The molecule has 0 aliphatic carbocycles. The minimum Gasteiger partial charge on any atom is -0.478 e. The number of carboxylic acids is 1. The largest absolute Gasteiger partial charge is 0.478 e. The maximum atomic E-state index is 11.0. The second kappa shape index (κ2) is 5.06. The predicted molar refractivity (Wildman–Crippen MR) is 80.6 cm³/mol. The monoisotopic (exact) mass is 283 g/mol. The number of benzene rings is 2. The zero-order valence-corrected chi connectivity index (χ0v) is 11.8. The number of fused-ring (bicyclic) bond motifs is 1. The zero-order chi connectivity index (χ0) is 14.1. The summed E-state index contributed by atoms with van der Waals surface area (Å²) in [5.41, 5.74) is 3.63. The first kappa shape index (κ1) is 12.8. The van der Waals surface area contributed by atoms with Crippen molar-refractivity contribution in [3.05, 3.63) is 64.2 Å². The lowest BCUT2D eigenvalue weighted by Gasteiger charge is -1.98. The van der Waals surface area contributed by atoms with Gasteiger partial charge in [0.25, 0.3) is 0 Å². The minimum atomic E-state index is -0.902. The average Bonchev–Trinajstić information content (AvgIpc) is 2.82. The summed E-state index contributed by atoms with van der Waals surface area (Å²) in [6, 6.07) is 13.4. The van der Waals surface area contributed by atoms with Crippen LogP contribution in [0, 0.1) is 6.92 Å². The molecule has 0 bridgehead atoms. The first-order valence-corrected chi connectivity index (χ1v) is 7.12. The van der Waals surface area contributed by atoms with E-state index in [0.717, 1.165) is 21.6 Å². The molecule has 2 aromatic carbocycles. The van der Waals surface area contributed by atoms with Crippen LogP contribution < -0.4 is 0 Å². The number of nitrogens with zero attached hydrogens (tertiary/aromatic N) is 1. The third-order valence-corrected chi connectivity index (χ3v) is 4.17. The third kappa shape index (κ3) is 2.56. The topological polar surface area (TPSA) is 50.2 Å². The van der Waals surface area contributed by atoms with E-state index in [1.165, 1.54) is 11.1 Å². The van der Waals surface area contributed by atoms with Gasteiger partial charge in [0.15, 0.2) is 0 Å². The van der Waals surface area contributed by atoms with Crippen molar-refractivity contribution in [2.45, 2.75) is 13.3 Å². The molecule has 100 valence electrons. The van der Waals surface area contributed by atoms with Crippen molar-refractivity contribution in [1.29, 1.82) is 0 Å². The SMILES string of the molecule is Cc1ccc(Cc2nc3ccc(C(=O)O)cc3s2)cc1. The molecule has 0 fully saturated rings. The summed E-state index contributed by atoms with van der Waals surface area (Å²) < 4.78 is 0.923. The number of carbonyl (C=O) groups is 1. The van der Waals surface area contributed by atoms with E-state index in [2.05, 4.69) is 36.2 Å². The van der Waals surface area contributed by atoms with Gasteiger partial charge in [-0.25, -0.2) is 9.78 Å². The summed E-state index contributed by atoms with van der Waals surface area (Å²) in [4.78, 5) is 15.5. The molecule has 0 saturated carbocycles. The lowest BCUT2D eigenvalue weighted by Crippen LogP contribution is -1.94. The van der Waals surface area contributed by atoms with Crippen LogP contribution in [0.25, 0.3) is 10.2 Å². The first-order chi connectivity index (χ1) is 9.61. The van der Waals surface area contributed by atoms with E-state index in [0.29, 0.717) is 5.56 Å². The van der Waals surface area contributed by atoms with Gasteiger partial charge in [0.1, 0.15) is 0 Å². The van der Waals surface area contributed by atoms with Crippen LogP contribution in [0.1, 0.15) is 26.5 Å². The molecule has 1 N–H and O–H groups in total. The smallest absolute Gasteiger partial charge is 0.335 e. The van der Waals surface area contributed by atoms with Crippen molar-refractivity contribution in [3.8, 4) is 0 Å². The van der Waals surface area contributed by atoms with E-state index in [4.69, 9.17) is 5.11 Å². The molecule has 4 heteroatoms.